The minimum absolute atomic E-state index is 0.109. The largest absolute Gasteiger partial charge is 0.475 e. The highest BCUT2D eigenvalue weighted by molar-refractivity contribution is 5.84. The van der Waals surface area contributed by atoms with E-state index < -0.39 is 12.0 Å². The van der Waals surface area contributed by atoms with Crippen molar-refractivity contribution in [2.45, 2.75) is 6.04 Å². The molecular weight excluding hydrogens is 158 g/mol. The van der Waals surface area contributed by atoms with Gasteiger partial charge in [0.1, 0.15) is 5.76 Å². The van der Waals surface area contributed by atoms with Crippen LogP contribution in [-0.2, 0) is 0 Å². The van der Waals surface area contributed by atoms with Gasteiger partial charge in [-0.1, -0.05) is 6.08 Å². The van der Waals surface area contributed by atoms with Crippen LogP contribution in [0.3, 0.4) is 0 Å². The molecule has 0 aliphatic heterocycles. The Labute approximate surface area is 69.3 Å². The van der Waals surface area contributed by atoms with Crippen molar-refractivity contribution in [1.29, 1.82) is 0 Å². The maximum absolute atomic E-state index is 10.4. The fourth-order valence-electron chi connectivity index (χ4n) is 0.763. The molecule has 0 saturated heterocycles. The molecule has 0 amide bonds. The van der Waals surface area contributed by atoms with Gasteiger partial charge in [0.15, 0.2) is 0 Å². The first kappa shape index (κ1) is 8.55. The van der Waals surface area contributed by atoms with E-state index in [2.05, 4.69) is 6.58 Å². The lowest BCUT2D eigenvalue weighted by atomic mass is 10.2. The summed E-state index contributed by atoms with van der Waals surface area (Å²) in [5, 5.41) is 8.49. The van der Waals surface area contributed by atoms with Crippen molar-refractivity contribution in [3.63, 3.8) is 0 Å². The second kappa shape index (κ2) is 3.23. The van der Waals surface area contributed by atoms with Crippen LogP contribution in [0.25, 0.3) is 0 Å². The Kier molecular flexibility index (Phi) is 2.30. The first-order valence-electron chi connectivity index (χ1n) is 3.36. The fraction of sp³-hybridized carbons (Fsp3) is 0.125. The van der Waals surface area contributed by atoms with Crippen molar-refractivity contribution >= 4 is 5.97 Å². The number of hydrogen-bond acceptors (Lipinski definition) is 3. The highest BCUT2D eigenvalue weighted by Gasteiger charge is 2.11. The van der Waals surface area contributed by atoms with E-state index in [-0.39, 0.29) is 5.76 Å². The number of carbonyl (C=O) groups is 1. The van der Waals surface area contributed by atoms with E-state index in [0.717, 1.165) is 0 Å². The summed E-state index contributed by atoms with van der Waals surface area (Å²) in [7, 11) is 0. The molecule has 1 rings (SSSR count). The van der Waals surface area contributed by atoms with Crippen LogP contribution in [0.15, 0.2) is 29.2 Å². The highest BCUT2D eigenvalue weighted by atomic mass is 16.4. The van der Waals surface area contributed by atoms with Gasteiger partial charge in [0.2, 0.25) is 5.76 Å². The lowest BCUT2D eigenvalue weighted by Crippen LogP contribution is -2.04. The molecule has 64 valence electrons. The molecule has 0 spiro atoms. The average molecular weight is 167 g/mol. The van der Waals surface area contributed by atoms with Gasteiger partial charge in [0.25, 0.3) is 0 Å². The van der Waals surface area contributed by atoms with Gasteiger partial charge in [-0.3, -0.25) is 0 Å². The molecule has 1 heterocycles. The molecule has 0 radical (unpaired) electrons. The molecule has 0 saturated carbocycles. The van der Waals surface area contributed by atoms with Crippen molar-refractivity contribution in [3.05, 3.63) is 36.3 Å². The maximum atomic E-state index is 10.4. The summed E-state index contributed by atoms with van der Waals surface area (Å²) in [6.07, 6.45) is 1.48. The summed E-state index contributed by atoms with van der Waals surface area (Å²) < 4.78 is 4.90. The summed E-state index contributed by atoms with van der Waals surface area (Å²) in [5.41, 5.74) is 5.50. The molecule has 4 nitrogen and oxygen atoms in total. The second-order valence-electron chi connectivity index (χ2n) is 2.27. The van der Waals surface area contributed by atoms with Crippen LogP contribution < -0.4 is 5.73 Å². The van der Waals surface area contributed by atoms with Crippen molar-refractivity contribution in [3.8, 4) is 0 Å². The van der Waals surface area contributed by atoms with Gasteiger partial charge in [-0.05, 0) is 12.1 Å². The van der Waals surface area contributed by atoms with E-state index in [0.29, 0.717) is 5.76 Å². The minimum atomic E-state index is -1.10. The Hall–Kier alpha value is -1.55. The Bertz CT molecular complexity index is 303. The maximum Gasteiger partial charge on any atom is 0.371 e. The topological polar surface area (TPSA) is 76.5 Å². The van der Waals surface area contributed by atoms with Crippen LogP contribution in [0.1, 0.15) is 22.4 Å². The number of nitrogens with two attached hydrogens (primary N) is 1. The number of carboxylic acids is 1. The third-order valence-corrected chi connectivity index (χ3v) is 1.42. The molecule has 1 aromatic rings. The fourth-order valence-corrected chi connectivity index (χ4v) is 0.763. The quantitative estimate of drug-likeness (QED) is 0.662. The molecule has 1 aromatic heterocycles. The zero-order valence-electron chi connectivity index (χ0n) is 6.36. The van der Waals surface area contributed by atoms with Gasteiger partial charge in [0, 0.05) is 0 Å². The monoisotopic (exact) mass is 167 g/mol. The van der Waals surface area contributed by atoms with E-state index >= 15 is 0 Å². The molecule has 0 unspecified atom stereocenters. The molecule has 0 bridgehead atoms. The zero-order chi connectivity index (χ0) is 9.14. The van der Waals surface area contributed by atoms with E-state index in [4.69, 9.17) is 15.3 Å². The Morgan fingerprint density at radius 3 is 2.83 bits per heavy atom. The molecule has 12 heavy (non-hydrogen) atoms. The third-order valence-electron chi connectivity index (χ3n) is 1.42. The lowest BCUT2D eigenvalue weighted by Gasteiger charge is -1.98. The van der Waals surface area contributed by atoms with Gasteiger partial charge in [-0.25, -0.2) is 4.79 Å². The number of furan rings is 1. The zero-order valence-corrected chi connectivity index (χ0v) is 6.36. The van der Waals surface area contributed by atoms with Gasteiger partial charge in [-0.2, -0.15) is 0 Å². The van der Waals surface area contributed by atoms with Gasteiger partial charge < -0.3 is 15.3 Å². The van der Waals surface area contributed by atoms with E-state index in [1.807, 2.05) is 0 Å². The molecular formula is C8H9NO3. The summed E-state index contributed by atoms with van der Waals surface area (Å²) in [4.78, 5) is 10.4. The van der Waals surface area contributed by atoms with Crippen LogP contribution in [0.4, 0.5) is 0 Å². The number of aromatic carboxylic acids is 1. The van der Waals surface area contributed by atoms with Crippen molar-refractivity contribution in [2.75, 3.05) is 0 Å². The first-order valence-corrected chi connectivity index (χ1v) is 3.36. The number of carboxylic acid groups (broad SMARTS) is 1. The van der Waals surface area contributed by atoms with Crippen LogP contribution >= 0.6 is 0 Å². The predicted octanol–water partition coefficient (Wildman–Crippen LogP) is 1.16. The van der Waals surface area contributed by atoms with Gasteiger partial charge in [-0.15, -0.1) is 6.58 Å². The smallest absolute Gasteiger partial charge is 0.371 e. The lowest BCUT2D eigenvalue weighted by molar-refractivity contribution is 0.0660. The predicted molar refractivity (Wildman–Crippen MR) is 42.8 cm³/mol. The van der Waals surface area contributed by atoms with Crippen LogP contribution in [0.5, 0.6) is 0 Å². The molecule has 0 aliphatic carbocycles. The number of rotatable bonds is 3. The van der Waals surface area contributed by atoms with E-state index in [1.54, 1.807) is 0 Å². The summed E-state index contributed by atoms with van der Waals surface area (Å²) in [6.45, 7) is 3.46. The van der Waals surface area contributed by atoms with Gasteiger partial charge >= 0.3 is 5.97 Å². The average Bonchev–Trinajstić information content (AvgIpc) is 2.51. The summed E-state index contributed by atoms with van der Waals surface area (Å²) >= 11 is 0. The molecule has 0 aromatic carbocycles. The van der Waals surface area contributed by atoms with Crippen LogP contribution in [0.2, 0.25) is 0 Å². The third kappa shape index (κ3) is 1.54. The number of hydrogen-bond donors (Lipinski definition) is 2. The summed E-state index contributed by atoms with van der Waals surface area (Å²) in [5.74, 6) is -0.804. The van der Waals surface area contributed by atoms with E-state index in [1.165, 1.54) is 18.2 Å². The minimum Gasteiger partial charge on any atom is -0.475 e. The SMILES string of the molecule is C=C[C@@H](N)c1ccc(C(=O)O)o1. The summed E-state index contributed by atoms with van der Waals surface area (Å²) in [6, 6.07) is 2.44. The first-order chi connectivity index (χ1) is 5.65. The van der Waals surface area contributed by atoms with Crippen molar-refractivity contribution < 1.29 is 14.3 Å². The van der Waals surface area contributed by atoms with Crippen molar-refractivity contribution in [2.24, 2.45) is 5.73 Å². The highest BCUT2D eigenvalue weighted by Crippen LogP contribution is 2.14. The van der Waals surface area contributed by atoms with Crippen LogP contribution in [-0.4, -0.2) is 11.1 Å². The normalized spacial score (nSPS) is 12.4. The molecule has 1 atom stereocenters. The van der Waals surface area contributed by atoms with Gasteiger partial charge in [0.05, 0.1) is 6.04 Å². The Morgan fingerprint density at radius 1 is 1.75 bits per heavy atom. The second-order valence-corrected chi connectivity index (χ2v) is 2.27. The van der Waals surface area contributed by atoms with E-state index in [9.17, 15) is 4.79 Å². The Balaban J connectivity index is 2.91. The Morgan fingerprint density at radius 2 is 2.42 bits per heavy atom. The van der Waals surface area contributed by atoms with Crippen LogP contribution in [0, 0.1) is 0 Å². The molecule has 0 aliphatic rings. The molecule has 0 fully saturated rings. The van der Waals surface area contributed by atoms with Crippen molar-refractivity contribution in [1.82, 2.24) is 0 Å². The standard InChI is InChI=1S/C8H9NO3/c1-2-5(9)6-3-4-7(12-6)8(10)11/h2-5H,1,9H2,(H,10,11)/t5-/m1/s1. The molecule has 3 N–H and O–H groups in total. The molecule has 4 heteroatoms.